The Hall–Kier alpha value is -0.0800. The maximum atomic E-state index is 5.93. The summed E-state index contributed by atoms with van der Waals surface area (Å²) in [6, 6.07) is 0.739. The van der Waals surface area contributed by atoms with Crippen molar-refractivity contribution in [2.75, 3.05) is 13.1 Å². The van der Waals surface area contributed by atoms with Crippen molar-refractivity contribution in [2.45, 2.75) is 58.0 Å². The van der Waals surface area contributed by atoms with Crippen LogP contribution >= 0.6 is 0 Å². The van der Waals surface area contributed by atoms with Crippen molar-refractivity contribution in [2.24, 2.45) is 5.73 Å². The van der Waals surface area contributed by atoms with Crippen molar-refractivity contribution in [3.8, 4) is 0 Å². The van der Waals surface area contributed by atoms with Gasteiger partial charge in [0, 0.05) is 18.1 Å². The average molecular weight is 184 g/mol. The lowest BCUT2D eigenvalue weighted by Crippen LogP contribution is -2.54. The van der Waals surface area contributed by atoms with Crippen molar-refractivity contribution >= 4 is 0 Å². The molecule has 2 heteroatoms. The number of rotatable bonds is 4. The van der Waals surface area contributed by atoms with E-state index in [0.29, 0.717) is 0 Å². The van der Waals surface area contributed by atoms with E-state index in [9.17, 15) is 0 Å². The standard InChI is InChI=1S/C11H24N2/c1-4-11(5-2,9-12)13-8-6-7-10(13)3/h10H,4-9,12H2,1-3H3. The van der Waals surface area contributed by atoms with Crippen LogP contribution in [0.1, 0.15) is 46.5 Å². The lowest BCUT2D eigenvalue weighted by Gasteiger charge is -2.42. The quantitative estimate of drug-likeness (QED) is 0.724. The molecule has 1 rings (SSSR count). The summed E-state index contributed by atoms with van der Waals surface area (Å²) in [6.07, 6.45) is 5.07. The molecule has 0 bridgehead atoms. The Kier molecular flexibility index (Phi) is 3.74. The lowest BCUT2D eigenvalue weighted by atomic mass is 9.90. The molecule has 0 aromatic rings. The predicted octanol–water partition coefficient (Wildman–Crippen LogP) is 1.99. The zero-order valence-corrected chi connectivity index (χ0v) is 9.34. The van der Waals surface area contributed by atoms with E-state index in [-0.39, 0.29) is 5.54 Å². The highest BCUT2D eigenvalue weighted by molar-refractivity contribution is 4.94. The number of likely N-dealkylation sites (tertiary alicyclic amines) is 1. The van der Waals surface area contributed by atoms with Crippen molar-refractivity contribution in [1.29, 1.82) is 0 Å². The molecule has 1 heterocycles. The fraction of sp³-hybridized carbons (Fsp3) is 1.00. The average Bonchev–Trinajstić information content (AvgIpc) is 2.57. The third-order valence-electron chi connectivity index (χ3n) is 3.86. The molecule has 13 heavy (non-hydrogen) atoms. The summed E-state index contributed by atoms with van der Waals surface area (Å²) in [4.78, 5) is 2.63. The largest absolute Gasteiger partial charge is 0.329 e. The predicted molar refractivity (Wildman–Crippen MR) is 57.8 cm³/mol. The topological polar surface area (TPSA) is 29.3 Å². The molecule has 0 aromatic heterocycles. The van der Waals surface area contributed by atoms with Crippen LogP contribution in [0.15, 0.2) is 0 Å². The van der Waals surface area contributed by atoms with Crippen LogP contribution in [0.25, 0.3) is 0 Å². The van der Waals surface area contributed by atoms with Gasteiger partial charge in [-0.15, -0.1) is 0 Å². The maximum Gasteiger partial charge on any atom is 0.0329 e. The van der Waals surface area contributed by atoms with Gasteiger partial charge in [0.05, 0.1) is 0 Å². The Bertz CT molecular complexity index is 144. The highest BCUT2D eigenvalue weighted by atomic mass is 15.2. The number of hydrogen-bond donors (Lipinski definition) is 1. The van der Waals surface area contributed by atoms with Crippen molar-refractivity contribution in [3.63, 3.8) is 0 Å². The van der Waals surface area contributed by atoms with Crippen LogP contribution in [0.3, 0.4) is 0 Å². The molecule has 1 saturated heterocycles. The molecule has 0 amide bonds. The Morgan fingerprint density at radius 3 is 2.31 bits per heavy atom. The molecular formula is C11H24N2. The molecule has 0 radical (unpaired) electrons. The molecule has 1 atom stereocenters. The number of nitrogens with two attached hydrogens (primary N) is 1. The minimum absolute atomic E-state index is 0.288. The number of nitrogens with zero attached hydrogens (tertiary/aromatic N) is 1. The van der Waals surface area contributed by atoms with Gasteiger partial charge in [0.15, 0.2) is 0 Å². The van der Waals surface area contributed by atoms with Gasteiger partial charge < -0.3 is 5.73 Å². The molecule has 0 aliphatic carbocycles. The molecule has 1 aliphatic heterocycles. The smallest absolute Gasteiger partial charge is 0.0329 e. The molecule has 2 N–H and O–H groups in total. The minimum Gasteiger partial charge on any atom is -0.329 e. The zero-order valence-electron chi connectivity index (χ0n) is 9.34. The summed E-state index contributed by atoms with van der Waals surface area (Å²) in [5.74, 6) is 0. The van der Waals surface area contributed by atoms with E-state index in [0.717, 1.165) is 12.6 Å². The normalized spacial score (nSPS) is 25.4. The second kappa shape index (κ2) is 4.43. The Morgan fingerprint density at radius 1 is 1.38 bits per heavy atom. The second-order valence-electron chi connectivity index (χ2n) is 4.32. The van der Waals surface area contributed by atoms with E-state index in [2.05, 4.69) is 25.7 Å². The van der Waals surface area contributed by atoms with Gasteiger partial charge in [-0.05, 0) is 39.2 Å². The van der Waals surface area contributed by atoms with Gasteiger partial charge in [-0.25, -0.2) is 0 Å². The minimum atomic E-state index is 0.288. The third kappa shape index (κ3) is 1.89. The first-order valence-electron chi connectivity index (χ1n) is 5.67. The van der Waals surface area contributed by atoms with E-state index in [1.807, 2.05) is 0 Å². The van der Waals surface area contributed by atoms with Crippen molar-refractivity contribution in [3.05, 3.63) is 0 Å². The Labute approximate surface area is 82.5 Å². The van der Waals surface area contributed by atoms with Gasteiger partial charge in [-0.2, -0.15) is 0 Å². The summed E-state index contributed by atoms with van der Waals surface area (Å²) < 4.78 is 0. The Balaban J connectivity index is 2.73. The summed E-state index contributed by atoms with van der Waals surface area (Å²) in [5, 5.41) is 0. The first kappa shape index (κ1) is 11.0. The van der Waals surface area contributed by atoms with E-state index in [1.165, 1.54) is 32.2 Å². The molecule has 78 valence electrons. The SMILES string of the molecule is CCC(CC)(CN)N1CCCC1C. The first-order valence-corrected chi connectivity index (χ1v) is 5.67. The molecule has 1 aliphatic rings. The fourth-order valence-corrected chi connectivity index (χ4v) is 2.70. The zero-order chi connectivity index (χ0) is 9.90. The fourth-order valence-electron chi connectivity index (χ4n) is 2.70. The summed E-state index contributed by atoms with van der Waals surface area (Å²) in [7, 11) is 0. The molecule has 2 nitrogen and oxygen atoms in total. The van der Waals surface area contributed by atoms with Gasteiger partial charge in [-0.1, -0.05) is 13.8 Å². The summed E-state index contributed by atoms with van der Waals surface area (Å²) in [6.45, 7) is 8.93. The van der Waals surface area contributed by atoms with Crippen molar-refractivity contribution in [1.82, 2.24) is 4.90 Å². The van der Waals surface area contributed by atoms with Gasteiger partial charge in [0.25, 0.3) is 0 Å². The highest BCUT2D eigenvalue weighted by Gasteiger charge is 2.37. The van der Waals surface area contributed by atoms with E-state index in [1.54, 1.807) is 0 Å². The van der Waals surface area contributed by atoms with Gasteiger partial charge >= 0.3 is 0 Å². The molecule has 1 unspecified atom stereocenters. The first-order chi connectivity index (χ1) is 6.20. The number of hydrogen-bond acceptors (Lipinski definition) is 2. The van der Waals surface area contributed by atoms with Crippen LogP contribution in [0.5, 0.6) is 0 Å². The van der Waals surface area contributed by atoms with E-state index < -0.39 is 0 Å². The molecule has 0 aromatic carbocycles. The van der Waals surface area contributed by atoms with E-state index in [4.69, 9.17) is 5.73 Å². The summed E-state index contributed by atoms with van der Waals surface area (Å²) in [5.41, 5.74) is 6.22. The highest BCUT2D eigenvalue weighted by Crippen LogP contribution is 2.30. The van der Waals surface area contributed by atoms with Crippen LogP contribution in [-0.4, -0.2) is 29.6 Å². The van der Waals surface area contributed by atoms with Crippen LogP contribution in [0.2, 0.25) is 0 Å². The van der Waals surface area contributed by atoms with Crippen LogP contribution in [0, 0.1) is 0 Å². The van der Waals surface area contributed by atoms with Gasteiger partial charge in [0.2, 0.25) is 0 Å². The third-order valence-corrected chi connectivity index (χ3v) is 3.86. The molecule has 0 spiro atoms. The second-order valence-corrected chi connectivity index (χ2v) is 4.32. The van der Waals surface area contributed by atoms with Crippen LogP contribution in [0.4, 0.5) is 0 Å². The van der Waals surface area contributed by atoms with Crippen LogP contribution < -0.4 is 5.73 Å². The Morgan fingerprint density at radius 2 is 2.00 bits per heavy atom. The van der Waals surface area contributed by atoms with Gasteiger partial charge in [0.1, 0.15) is 0 Å². The maximum absolute atomic E-state index is 5.93. The lowest BCUT2D eigenvalue weighted by molar-refractivity contribution is 0.0787. The van der Waals surface area contributed by atoms with Crippen LogP contribution in [-0.2, 0) is 0 Å². The van der Waals surface area contributed by atoms with E-state index >= 15 is 0 Å². The van der Waals surface area contributed by atoms with Crippen molar-refractivity contribution < 1.29 is 0 Å². The molecular weight excluding hydrogens is 160 g/mol. The summed E-state index contributed by atoms with van der Waals surface area (Å²) >= 11 is 0. The monoisotopic (exact) mass is 184 g/mol. The molecule has 0 saturated carbocycles. The van der Waals surface area contributed by atoms with Gasteiger partial charge in [-0.3, -0.25) is 4.90 Å². The molecule has 1 fully saturated rings.